The molecule has 3 aromatic rings. The molecule has 114 valence electrons. The zero-order valence-electron chi connectivity index (χ0n) is 12.6. The lowest BCUT2D eigenvalue weighted by molar-refractivity contribution is 0.112. The van der Waals surface area contributed by atoms with Crippen molar-refractivity contribution in [1.82, 2.24) is 0 Å². The van der Waals surface area contributed by atoms with E-state index < -0.39 is 0 Å². The third-order valence-corrected chi connectivity index (χ3v) is 3.93. The number of hydrogen-bond acceptors (Lipinski definition) is 2. The van der Waals surface area contributed by atoms with Gasteiger partial charge in [0.15, 0.2) is 6.29 Å². The first kappa shape index (κ1) is 15.3. The van der Waals surface area contributed by atoms with Crippen LogP contribution >= 0.6 is 11.6 Å². The Morgan fingerprint density at radius 3 is 2.09 bits per heavy atom. The molecule has 0 fully saturated rings. The molecule has 0 saturated heterocycles. The van der Waals surface area contributed by atoms with Crippen molar-refractivity contribution in [3.63, 3.8) is 0 Å². The summed E-state index contributed by atoms with van der Waals surface area (Å²) in [4.78, 5) is 11.2. The molecule has 0 heterocycles. The Kier molecular flexibility index (Phi) is 4.45. The highest BCUT2D eigenvalue weighted by molar-refractivity contribution is 6.31. The van der Waals surface area contributed by atoms with Crippen LogP contribution in [0.2, 0.25) is 5.02 Å². The molecule has 0 bridgehead atoms. The van der Waals surface area contributed by atoms with Crippen molar-refractivity contribution in [2.24, 2.45) is 0 Å². The molecule has 0 aliphatic carbocycles. The number of methoxy groups -OCH3 is 1. The number of aldehydes is 1. The van der Waals surface area contributed by atoms with E-state index in [9.17, 15) is 4.79 Å². The SMILES string of the molecule is COc1c(C=O)cc(Cl)cc1-c1ccc(-c2ccccc2)cc1. The zero-order valence-corrected chi connectivity index (χ0v) is 13.4. The Morgan fingerprint density at radius 2 is 1.48 bits per heavy atom. The maximum Gasteiger partial charge on any atom is 0.153 e. The number of hydrogen-bond donors (Lipinski definition) is 0. The molecule has 0 aromatic heterocycles. The van der Waals surface area contributed by atoms with Crippen LogP contribution < -0.4 is 4.74 Å². The van der Waals surface area contributed by atoms with Gasteiger partial charge in [0.2, 0.25) is 0 Å². The van der Waals surface area contributed by atoms with Gasteiger partial charge in [-0.15, -0.1) is 0 Å². The summed E-state index contributed by atoms with van der Waals surface area (Å²) >= 11 is 6.12. The fraction of sp³-hybridized carbons (Fsp3) is 0.0500. The van der Waals surface area contributed by atoms with Crippen LogP contribution in [0.4, 0.5) is 0 Å². The van der Waals surface area contributed by atoms with Gasteiger partial charge in [0.25, 0.3) is 0 Å². The number of carbonyl (C=O) groups is 1. The standard InChI is InChI=1S/C20H15ClO2/c1-23-20-17(13-22)11-18(21)12-19(20)16-9-7-15(8-10-16)14-5-3-2-4-6-14/h2-13H,1H3. The molecule has 0 N–H and O–H groups in total. The Bertz CT molecular complexity index is 824. The number of ether oxygens (including phenoxy) is 1. The van der Waals surface area contributed by atoms with Crippen LogP contribution in [0.5, 0.6) is 5.75 Å². The molecule has 0 aliphatic rings. The molecule has 2 nitrogen and oxygen atoms in total. The molecule has 0 aliphatic heterocycles. The molecule has 0 spiro atoms. The van der Waals surface area contributed by atoms with Crippen molar-refractivity contribution in [2.75, 3.05) is 7.11 Å². The first-order chi connectivity index (χ1) is 11.2. The van der Waals surface area contributed by atoms with Gasteiger partial charge in [0, 0.05) is 10.6 Å². The molecule has 3 aromatic carbocycles. The normalized spacial score (nSPS) is 10.3. The minimum absolute atomic E-state index is 0.446. The lowest BCUT2D eigenvalue weighted by Gasteiger charge is -2.12. The Labute approximate surface area is 140 Å². The van der Waals surface area contributed by atoms with E-state index in [2.05, 4.69) is 12.1 Å². The van der Waals surface area contributed by atoms with Crippen LogP contribution in [0.25, 0.3) is 22.3 Å². The van der Waals surface area contributed by atoms with Crippen molar-refractivity contribution >= 4 is 17.9 Å². The Balaban J connectivity index is 2.06. The summed E-state index contributed by atoms with van der Waals surface area (Å²) in [5.41, 5.74) is 4.49. The van der Waals surface area contributed by atoms with E-state index in [4.69, 9.17) is 16.3 Å². The van der Waals surface area contributed by atoms with Crippen LogP contribution in [-0.4, -0.2) is 13.4 Å². The summed E-state index contributed by atoms with van der Waals surface area (Å²) in [6.45, 7) is 0. The lowest BCUT2D eigenvalue weighted by atomic mass is 9.98. The number of carbonyl (C=O) groups excluding carboxylic acids is 1. The third-order valence-electron chi connectivity index (χ3n) is 3.72. The van der Waals surface area contributed by atoms with Crippen molar-refractivity contribution < 1.29 is 9.53 Å². The van der Waals surface area contributed by atoms with Crippen molar-refractivity contribution in [3.8, 4) is 28.0 Å². The quantitative estimate of drug-likeness (QED) is 0.593. The number of benzene rings is 3. The predicted octanol–water partition coefficient (Wildman–Crippen LogP) is 5.50. The number of halogens is 1. The van der Waals surface area contributed by atoms with E-state index in [0.717, 1.165) is 28.5 Å². The van der Waals surface area contributed by atoms with E-state index in [1.165, 1.54) is 0 Å². The van der Waals surface area contributed by atoms with Crippen molar-refractivity contribution in [3.05, 3.63) is 77.3 Å². The summed E-state index contributed by atoms with van der Waals surface area (Å²) in [6, 6.07) is 21.7. The molecular formula is C20H15ClO2. The smallest absolute Gasteiger partial charge is 0.153 e. The van der Waals surface area contributed by atoms with Crippen molar-refractivity contribution in [1.29, 1.82) is 0 Å². The Hall–Kier alpha value is -2.58. The summed E-state index contributed by atoms with van der Waals surface area (Å²) < 4.78 is 5.40. The van der Waals surface area contributed by atoms with Crippen molar-refractivity contribution in [2.45, 2.75) is 0 Å². The van der Waals surface area contributed by atoms with Gasteiger partial charge in [0.1, 0.15) is 5.75 Å². The summed E-state index contributed by atoms with van der Waals surface area (Å²) in [5.74, 6) is 0.539. The summed E-state index contributed by atoms with van der Waals surface area (Å²) in [7, 11) is 1.55. The minimum atomic E-state index is 0.446. The van der Waals surface area contributed by atoms with Gasteiger partial charge in [-0.2, -0.15) is 0 Å². The highest BCUT2D eigenvalue weighted by Gasteiger charge is 2.12. The fourth-order valence-corrected chi connectivity index (χ4v) is 2.84. The third kappa shape index (κ3) is 3.13. The molecule has 0 saturated carbocycles. The maximum absolute atomic E-state index is 11.2. The zero-order chi connectivity index (χ0) is 16.2. The van der Waals surface area contributed by atoms with E-state index in [1.54, 1.807) is 13.2 Å². The van der Waals surface area contributed by atoms with Crippen LogP contribution in [0.3, 0.4) is 0 Å². The van der Waals surface area contributed by atoms with Gasteiger partial charge in [-0.1, -0.05) is 66.2 Å². The van der Waals surface area contributed by atoms with Gasteiger partial charge in [-0.05, 0) is 28.8 Å². The molecule has 0 amide bonds. The molecule has 0 radical (unpaired) electrons. The van der Waals surface area contributed by atoms with Crippen LogP contribution in [-0.2, 0) is 0 Å². The van der Waals surface area contributed by atoms with Crippen LogP contribution in [0.1, 0.15) is 10.4 Å². The summed E-state index contributed by atoms with van der Waals surface area (Å²) in [5, 5.41) is 0.509. The number of rotatable bonds is 4. The topological polar surface area (TPSA) is 26.3 Å². The maximum atomic E-state index is 11.2. The second-order valence-corrected chi connectivity index (χ2v) is 5.57. The molecule has 3 rings (SSSR count). The average molecular weight is 323 g/mol. The van der Waals surface area contributed by atoms with Gasteiger partial charge < -0.3 is 4.74 Å². The van der Waals surface area contributed by atoms with Gasteiger partial charge in [-0.25, -0.2) is 0 Å². The predicted molar refractivity (Wildman–Crippen MR) is 94.3 cm³/mol. The highest BCUT2D eigenvalue weighted by Crippen LogP contribution is 2.36. The second-order valence-electron chi connectivity index (χ2n) is 5.14. The molecule has 0 atom stereocenters. The highest BCUT2D eigenvalue weighted by atomic mass is 35.5. The van der Waals surface area contributed by atoms with Crippen LogP contribution in [0, 0.1) is 0 Å². The second kappa shape index (κ2) is 6.67. The largest absolute Gasteiger partial charge is 0.495 e. The van der Waals surface area contributed by atoms with Gasteiger partial charge >= 0.3 is 0 Å². The first-order valence-electron chi connectivity index (χ1n) is 7.21. The molecule has 23 heavy (non-hydrogen) atoms. The van der Waals surface area contributed by atoms with Gasteiger partial charge in [-0.3, -0.25) is 4.79 Å². The first-order valence-corrected chi connectivity index (χ1v) is 7.59. The molecule has 3 heteroatoms. The fourth-order valence-electron chi connectivity index (χ4n) is 2.62. The monoisotopic (exact) mass is 322 g/mol. The van der Waals surface area contributed by atoms with Gasteiger partial charge in [0.05, 0.1) is 12.7 Å². The molecule has 0 unspecified atom stereocenters. The lowest BCUT2D eigenvalue weighted by Crippen LogP contribution is -1.94. The Morgan fingerprint density at radius 1 is 0.870 bits per heavy atom. The summed E-state index contributed by atoms with van der Waals surface area (Å²) in [6.07, 6.45) is 0.756. The minimum Gasteiger partial charge on any atom is -0.495 e. The van der Waals surface area contributed by atoms with Crippen LogP contribution in [0.15, 0.2) is 66.7 Å². The van der Waals surface area contributed by atoms with E-state index in [-0.39, 0.29) is 0 Å². The average Bonchev–Trinajstić information content (AvgIpc) is 2.61. The van der Waals surface area contributed by atoms with E-state index >= 15 is 0 Å². The van der Waals surface area contributed by atoms with E-state index in [0.29, 0.717) is 16.3 Å². The molecular weight excluding hydrogens is 308 g/mol. The van der Waals surface area contributed by atoms with E-state index in [1.807, 2.05) is 48.5 Å².